The lowest BCUT2D eigenvalue weighted by Gasteiger charge is -2.15. The van der Waals surface area contributed by atoms with Crippen LogP contribution in [0.4, 0.5) is 0 Å². The number of aliphatic hydroxyl groups excluding tert-OH is 1. The van der Waals surface area contributed by atoms with Crippen LogP contribution < -0.4 is 0 Å². The SMILES string of the molecule is CC/C=C\C/C=C\C/C=C\C/C=C\C/C=C\C/C=C\CCCCCCCCCCCCCCCCCCCCC(=O)OC(CO)COC(=O)CCCCCCCCCCC/C=C\C/C=C\CCCCCCC. The van der Waals surface area contributed by atoms with Gasteiger partial charge in [0.05, 0.1) is 6.61 Å². The van der Waals surface area contributed by atoms with E-state index in [1.54, 1.807) is 0 Å². The van der Waals surface area contributed by atoms with Crippen LogP contribution in [-0.2, 0) is 19.1 Å². The first-order valence-electron chi connectivity index (χ1n) is 30.8. The Labute approximate surface area is 447 Å². The summed E-state index contributed by atoms with van der Waals surface area (Å²) in [5.74, 6) is -0.587. The van der Waals surface area contributed by atoms with Crippen LogP contribution in [-0.4, -0.2) is 36.4 Å². The first-order chi connectivity index (χ1) is 35.6. The molecule has 1 unspecified atom stereocenters. The first kappa shape index (κ1) is 68.8. The van der Waals surface area contributed by atoms with Crippen molar-refractivity contribution in [2.75, 3.05) is 13.2 Å². The molecule has 0 fully saturated rings. The number of esters is 2. The van der Waals surface area contributed by atoms with E-state index in [-0.39, 0.29) is 25.2 Å². The second-order valence-electron chi connectivity index (χ2n) is 20.4. The van der Waals surface area contributed by atoms with Gasteiger partial charge in [0.2, 0.25) is 0 Å². The minimum absolute atomic E-state index is 0.0685. The van der Waals surface area contributed by atoms with Gasteiger partial charge in [0.15, 0.2) is 6.10 Å². The summed E-state index contributed by atoms with van der Waals surface area (Å²) in [6.07, 6.45) is 88.3. The molecule has 1 atom stereocenters. The van der Waals surface area contributed by atoms with E-state index < -0.39 is 6.10 Å². The highest BCUT2D eigenvalue weighted by molar-refractivity contribution is 5.70. The fourth-order valence-electron chi connectivity index (χ4n) is 8.77. The van der Waals surface area contributed by atoms with Gasteiger partial charge in [-0.25, -0.2) is 0 Å². The van der Waals surface area contributed by atoms with Gasteiger partial charge in [-0.3, -0.25) is 9.59 Å². The highest BCUT2D eigenvalue weighted by Gasteiger charge is 2.16. The predicted molar refractivity (Wildman–Crippen MR) is 316 cm³/mol. The zero-order valence-corrected chi connectivity index (χ0v) is 47.4. The minimum atomic E-state index is -0.777. The molecule has 414 valence electrons. The zero-order valence-electron chi connectivity index (χ0n) is 47.4. The van der Waals surface area contributed by atoms with Crippen molar-refractivity contribution in [3.63, 3.8) is 0 Å². The van der Waals surface area contributed by atoms with E-state index >= 15 is 0 Å². The quantitative estimate of drug-likeness (QED) is 0.0373. The normalized spacial score (nSPS) is 12.9. The number of aliphatic hydroxyl groups is 1. The van der Waals surface area contributed by atoms with Gasteiger partial charge in [0.25, 0.3) is 0 Å². The van der Waals surface area contributed by atoms with Crippen LogP contribution in [0.25, 0.3) is 0 Å². The van der Waals surface area contributed by atoms with Crippen molar-refractivity contribution in [2.45, 2.75) is 302 Å². The number of hydrogen-bond acceptors (Lipinski definition) is 5. The molecule has 0 amide bonds. The molecule has 0 rings (SSSR count). The number of hydrogen-bond donors (Lipinski definition) is 1. The maximum absolute atomic E-state index is 12.3. The molecule has 5 nitrogen and oxygen atoms in total. The van der Waals surface area contributed by atoms with Crippen molar-refractivity contribution < 1.29 is 24.2 Å². The minimum Gasteiger partial charge on any atom is -0.462 e. The molecule has 0 saturated carbocycles. The van der Waals surface area contributed by atoms with Crippen molar-refractivity contribution in [3.05, 3.63) is 97.2 Å². The Hall–Kier alpha value is -3.18. The molecule has 0 radical (unpaired) electrons. The van der Waals surface area contributed by atoms with Crippen LogP contribution in [0, 0.1) is 0 Å². The Morgan fingerprint density at radius 3 is 0.903 bits per heavy atom. The van der Waals surface area contributed by atoms with E-state index in [9.17, 15) is 14.7 Å². The van der Waals surface area contributed by atoms with Crippen LogP contribution in [0.1, 0.15) is 296 Å². The summed E-state index contributed by atoms with van der Waals surface area (Å²) < 4.78 is 10.7. The van der Waals surface area contributed by atoms with Crippen molar-refractivity contribution in [1.82, 2.24) is 0 Å². The molecule has 0 aromatic heterocycles. The number of carbonyl (C=O) groups is 2. The van der Waals surface area contributed by atoms with Crippen LogP contribution in [0.2, 0.25) is 0 Å². The summed E-state index contributed by atoms with van der Waals surface area (Å²) in [5.41, 5.74) is 0. The predicted octanol–water partition coefficient (Wildman–Crippen LogP) is 21.1. The van der Waals surface area contributed by atoms with Gasteiger partial charge in [-0.2, -0.15) is 0 Å². The Balaban J connectivity index is 3.47. The summed E-state index contributed by atoms with van der Waals surface area (Å²) in [7, 11) is 0. The van der Waals surface area contributed by atoms with Crippen LogP contribution >= 0.6 is 0 Å². The number of allylic oxidation sites excluding steroid dienone is 16. The molecule has 0 aliphatic carbocycles. The maximum Gasteiger partial charge on any atom is 0.306 e. The fraction of sp³-hybridized carbons (Fsp3) is 0.731. The zero-order chi connectivity index (χ0) is 52.0. The molecule has 1 N–H and O–H groups in total. The average molecular weight is 1000 g/mol. The van der Waals surface area contributed by atoms with E-state index in [2.05, 4.69) is 111 Å². The highest BCUT2D eigenvalue weighted by Crippen LogP contribution is 2.17. The summed E-state index contributed by atoms with van der Waals surface area (Å²) in [4.78, 5) is 24.6. The molecule has 0 spiro atoms. The smallest absolute Gasteiger partial charge is 0.306 e. The van der Waals surface area contributed by atoms with Crippen LogP contribution in [0.3, 0.4) is 0 Å². The Kier molecular flexibility index (Phi) is 59.4. The second kappa shape index (κ2) is 62.1. The lowest BCUT2D eigenvalue weighted by atomic mass is 10.0. The number of carbonyl (C=O) groups excluding carboxylic acids is 2. The summed E-state index contributed by atoms with van der Waals surface area (Å²) in [6.45, 7) is 4.04. The molecule has 0 aromatic rings. The molecule has 0 aliphatic heterocycles. The lowest BCUT2D eigenvalue weighted by molar-refractivity contribution is -0.161. The van der Waals surface area contributed by atoms with Crippen molar-refractivity contribution in [1.29, 1.82) is 0 Å². The largest absolute Gasteiger partial charge is 0.462 e. The van der Waals surface area contributed by atoms with E-state index in [1.165, 1.54) is 186 Å². The average Bonchev–Trinajstić information content (AvgIpc) is 3.38. The van der Waals surface area contributed by atoms with Crippen LogP contribution in [0.5, 0.6) is 0 Å². The van der Waals surface area contributed by atoms with Crippen LogP contribution in [0.15, 0.2) is 97.2 Å². The number of unbranched alkanes of at least 4 members (excludes halogenated alkanes) is 32. The third-order valence-corrected chi connectivity index (χ3v) is 13.4. The molecule has 0 aliphatic rings. The first-order valence-corrected chi connectivity index (χ1v) is 30.8. The Bertz CT molecular complexity index is 1360. The van der Waals surface area contributed by atoms with Gasteiger partial charge in [-0.05, 0) is 96.3 Å². The molecule has 72 heavy (non-hydrogen) atoms. The van der Waals surface area contributed by atoms with Gasteiger partial charge in [0.1, 0.15) is 6.61 Å². The van der Waals surface area contributed by atoms with E-state index in [1.807, 2.05) is 0 Å². The molecule has 5 heteroatoms. The van der Waals surface area contributed by atoms with Gasteiger partial charge in [-0.15, -0.1) is 0 Å². The number of rotatable bonds is 56. The fourth-order valence-corrected chi connectivity index (χ4v) is 8.77. The Morgan fingerprint density at radius 1 is 0.333 bits per heavy atom. The highest BCUT2D eigenvalue weighted by atomic mass is 16.6. The van der Waals surface area contributed by atoms with Gasteiger partial charge in [-0.1, -0.05) is 284 Å². The molecular formula is C67H116O5. The van der Waals surface area contributed by atoms with E-state index in [0.717, 1.165) is 83.5 Å². The molecule has 0 heterocycles. The summed E-state index contributed by atoms with van der Waals surface area (Å²) in [5, 5.41) is 9.67. The van der Waals surface area contributed by atoms with Crippen molar-refractivity contribution in [3.8, 4) is 0 Å². The third kappa shape index (κ3) is 59.4. The van der Waals surface area contributed by atoms with Gasteiger partial charge < -0.3 is 14.6 Å². The molecule has 0 saturated heterocycles. The summed E-state index contributed by atoms with van der Waals surface area (Å²) >= 11 is 0. The topological polar surface area (TPSA) is 72.8 Å². The molecule has 0 bridgehead atoms. The van der Waals surface area contributed by atoms with E-state index in [4.69, 9.17) is 9.47 Å². The van der Waals surface area contributed by atoms with Crippen molar-refractivity contribution >= 4 is 11.9 Å². The monoisotopic (exact) mass is 1000 g/mol. The maximum atomic E-state index is 12.3. The molecule has 0 aromatic carbocycles. The third-order valence-electron chi connectivity index (χ3n) is 13.4. The lowest BCUT2D eigenvalue weighted by Crippen LogP contribution is -2.28. The second-order valence-corrected chi connectivity index (χ2v) is 20.4. The Morgan fingerprint density at radius 2 is 0.597 bits per heavy atom. The van der Waals surface area contributed by atoms with Gasteiger partial charge in [0, 0.05) is 12.8 Å². The summed E-state index contributed by atoms with van der Waals surface area (Å²) in [6, 6.07) is 0. The number of ether oxygens (including phenoxy) is 2. The standard InChI is InChI=1S/C67H116O5/c1-3-5-7-9-11-13-15-17-19-21-23-25-26-27-28-29-30-31-32-33-34-35-36-37-38-39-40-42-44-46-48-50-52-54-56-58-60-62-67(70)72-65(63-68)64-71-66(69)61-59-57-55-53-51-49-47-45-43-41-24-22-20-18-16-14-12-10-8-6-4-2/h5,7,11,13,16-19,22-25,27-28,30-31,65,68H,3-4,6,8-10,12,14-15,20-21,26,29,32-64H2,1-2H3/b7-5-,13-11-,18-16-,19-17-,24-22-,25-23-,28-27-,31-30-. The van der Waals surface area contributed by atoms with Crippen molar-refractivity contribution in [2.24, 2.45) is 0 Å². The molecular weight excluding hydrogens is 885 g/mol. The van der Waals surface area contributed by atoms with E-state index in [0.29, 0.717) is 12.8 Å². The van der Waals surface area contributed by atoms with Gasteiger partial charge >= 0.3 is 11.9 Å².